The van der Waals surface area contributed by atoms with E-state index in [1.165, 1.54) is 6.07 Å². The summed E-state index contributed by atoms with van der Waals surface area (Å²) in [6.45, 7) is 6.60. The molecule has 26 heavy (non-hydrogen) atoms. The van der Waals surface area contributed by atoms with Crippen LogP contribution in [0.2, 0.25) is 0 Å². The zero-order chi connectivity index (χ0) is 17.8. The molecule has 6 heteroatoms. The highest BCUT2D eigenvalue weighted by atomic mass is 35.5. The molecule has 1 aliphatic rings. The molecular formula is C20H25ClFN3O. The van der Waals surface area contributed by atoms with Crippen molar-refractivity contribution in [3.63, 3.8) is 0 Å². The number of amides is 1. The summed E-state index contributed by atoms with van der Waals surface area (Å²) in [5.74, 6) is -0.292. The summed E-state index contributed by atoms with van der Waals surface area (Å²) in [4.78, 5) is 14.6. The number of piperazine rings is 1. The molecule has 2 aromatic carbocycles. The average molecular weight is 378 g/mol. The first-order valence-corrected chi connectivity index (χ1v) is 8.61. The monoisotopic (exact) mass is 377 g/mol. The molecule has 1 atom stereocenters. The van der Waals surface area contributed by atoms with Crippen LogP contribution in [0.15, 0.2) is 42.5 Å². The number of carbonyl (C=O) groups is 1. The fourth-order valence-corrected chi connectivity index (χ4v) is 3.24. The summed E-state index contributed by atoms with van der Waals surface area (Å²) in [5, 5.41) is 6.33. The van der Waals surface area contributed by atoms with Gasteiger partial charge in [-0.25, -0.2) is 4.39 Å². The van der Waals surface area contributed by atoms with Crippen LogP contribution in [-0.4, -0.2) is 37.0 Å². The van der Waals surface area contributed by atoms with Crippen molar-refractivity contribution in [1.29, 1.82) is 0 Å². The summed E-state index contributed by atoms with van der Waals surface area (Å²) < 4.78 is 13.6. The number of carbonyl (C=O) groups excluding carboxylic acids is 1. The first-order chi connectivity index (χ1) is 12.0. The average Bonchev–Trinajstić information content (AvgIpc) is 2.59. The number of nitrogens with zero attached hydrogens (tertiary/aromatic N) is 1. The van der Waals surface area contributed by atoms with Gasteiger partial charge in [0.25, 0.3) is 0 Å². The van der Waals surface area contributed by atoms with E-state index in [1.54, 1.807) is 12.1 Å². The third kappa shape index (κ3) is 4.81. The van der Waals surface area contributed by atoms with Crippen molar-refractivity contribution in [3.8, 4) is 0 Å². The second kappa shape index (κ2) is 9.12. The number of aryl methyl sites for hydroxylation is 1. The number of benzene rings is 2. The summed E-state index contributed by atoms with van der Waals surface area (Å²) in [6, 6.07) is 12.5. The van der Waals surface area contributed by atoms with Crippen molar-refractivity contribution in [1.82, 2.24) is 10.2 Å². The van der Waals surface area contributed by atoms with E-state index in [4.69, 9.17) is 0 Å². The maximum atomic E-state index is 13.6. The van der Waals surface area contributed by atoms with Gasteiger partial charge in [0, 0.05) is 31.4 Å². The van der Waals surface area contributed by atoms with Gasteiger partial charge in [0.05, 0.1) is 6.54 Å². The molecule has 1 fully saturated rings. The molecule has 1 heterocycles. The van der Waals surface area contributed by atoms with Gasteiger partial charge >= 0.3 is 0 Å². The van der Waals surface area contributed by atoms with Crippen LogP contribution in [-0.2, 0) is 4.79 Å². The lowest BCUT2D eigenvalue weighted by Gasteiger charge is -2.36. The Morgan fingerprint density at radius 1 is 1.27 bits per heavy atom. The van der Waals surface area contributed by atoms with Crippen LogP contribution in [0.5, 0.6) is 0 Å². The molecule has 140 valence electrons. The van der Waals surface area contributed by atoms with Crippen LogP contribution in [0.4, 0.5) is 10.1 Å². The molecule has 3 rings (SSSR count). The van der Waals surface area contributed by atoms with Crippen molar-refractivity contribution in [2.45, 2.75) is 19.9 Å². The van der Waals surface area contributed by atoms with Crippen LogP contribution in [0.25, 0.3) is 0 Å². The molecule has 0 spiro atoms. The lowest BCUT2D eigenvalue weighted by molar-refractivity contribution is -0.118. The Kier molecular flexibility index (Phi) is 7.14. The first-order valence-electron chi connectivity index (χ1n) is 8.61. The molecule has 0 saturated carbocycles. The second-order valence-corrected chi connectivity index (χ2v) is 6.54. The van der Waals surface area contributed by atoms with E-state index in [0.29, 0.717) is 6.54 Å². The van der Waals surface area contributed by atoms with Gasteiger partial charge in [-0.3, -0.25) is 9.69 Å². The highest BCUT2D eigenvalue weighted by Gasteiger charge is 2.25. The van der Waals surface area contributed by atoms with Crippen LogP contribution in [0.1, 0.15) is 22.7 Å². The fraction of sp³-hybridized carbons (Fsp3) is 0.350. The predicted molar refractivity (Wildman–Crippen MR) is 105 cm³/mol. The molecule has 1 saturated heterocycles. The number of hydrogen-bond donors (Lipinski definition) is 2. The molecule has 1 unspecified atom stereocenters. The first kappa shape index (κ1) is 20.4. The minimum absolute atomic E-state index is 0. The molecule has 1 amide bonds. The van der Waals surface area contributed by atoms with E-state index >= 15 is 0 Å². The molecule has 0 radical (unpaired) electrons. The van der Waals surface area contributed by atoms with Crippen molar-refractivity contribution in [2.75, 3.05) is 31.5 Å². The number of nitrogens with one attached hydrogen (secondary N) is 2. The molecule has 1 aliphatic heterocycles. The van der Waals surface area contributed by atoms with Crippen LogP contribution < -0.4 is 10.6 Å². The Labute approximate surface area is 160 Å². The van der Waals surface area contributed by atoms with Gasteiger partial charge in [0.1, 0.15) is 5.82 Å². The number of hydrogen-bond acceptors (Lipinski definition) is 3. The molecule has 4 nitrogen and oxygen atoms in total. The minimum Gasteiger partial charge on any atom is -0.325 e. The molecule has 2 N–H and O–H groups in total. The van der Waals surface area contributed by atoms with Crippen LogP contribution in [0, 0.1) is 19.7 Å². The normalized spacial score (nSPS) is 17.4. The smallest absolute Gasteiger partial charge is 0.238 e. The molecule has 2 aromatic rings. The lowest BCUT2D eigenvalue weighted by Crippen LogP contribution is -2.48. The Hall–Kier alpha value is -1.95. The minimum atomic E-state index is -0.247. The van der Waals surface area contributed by atoms with Gasteiger partial charge in [-0.15, -0.1) is 12.4 Å². The third-order valence-corrected chi connectivity index (χ3v) is 4.81. The molecule has 0 bridgehead atoms. The maximum Gasteiger partial charge on any atom is 0.238 e. The Bertz CT molecular complexity index is 768. The van der Waals surface area contributed by atoms with Crippen molar-refractivity contribution < 1.29 is 9.18 Å². The van der Waals surface area contributed by atoms with E-state index in [-0.39, 0.29) is 36.7 Å². The van der Waals surface area contributed by atoms with Crippen LogP contribution in [0.3, 0.4) is 0 Å². The number of anilines is 1. The molecule has 0 aliphatic carbocycles. The fourth-order valence-electron chi connectivity index (χ4n) is 3.24. The standard InChI is InChI=1S/C20H24FN3O.ClH/c1-14-5-3-8-18(15(14)2)23-20(25)13-24-10-9-22-12-19(24)16-6-4-7-17(21)11-16;/h3-8,11,19,22H,9-10,12-13H2,1-2H3,(H,23,25);1H. The van der Waals surface area contributed by atoms with Crippen molar-refractivity contribution in [3.05, 3.63) is 65.0 Å². The van der Waals surface area contributed by atoms with Crippen molar-refractivity contribution in [2.24, 2.45) is 0 Å². The topological polar surface area (TPSA) is 44.4 Å². The van der Waals surface area contributed by atoms with E-state index in [0.717, 1.165) is 35.5 Å². The SMILES string of the molecule is Cc1cccc(NC(=O)CN2CCNCC2c2cccc(F)c2)c1C.Cl. The van der Waals surface area contributed by atoms with Gasteiger partial charge in [-0.1, -0.05) is 24.3 Å². The molecule has 0 aromatic heterocycles. The van der Waals surface area contributed by atoms with Gasteiger partial charge in [-0.05, 0) is 48.7 Å². The maximum absolute atomic E-state index is 13.6. The highest BCUT2D eigenvalue weighted by molar-refractivity contribution is 5.93. The summed E-state index contributed by atoms with van der Waals surface area (Å²) in [5.41, 5.74) is 3.98. The van der Waals surface area contributed by atoms with Crippen LogP contribution >= 0.6 is 12.4 Å². The largest absolute Gasteiger partial charge is 0.325 e. The third-order valence-electron chi connectivity index (χ3n) is 4.81. The van der Waals surface area contributed by atoms with E-state index in [1.807, 2.05) is 38.1 Å². The van der Waals surface area contributed by atoms with Gasteiger partial charge in [-0.2, -0.15) is 0 Å². The van der Waals surface area contributed by atoms with Crippen molar-refractivity contribution >= 4 is 24.0 Å². The number of rotatable bonds is 4. The van der Waals surface area contributed by atoms with E-state index in [2.05, 4.69) is 15.5 Å². The predicted octanol–water partition coefficient (Wildman–Crippen LogP) is 3.45. The Morgan fingerprint density at radius 2 is 2.04 bits per heavy atom. The summed E-state index contributed by atoms with van der Waals surface area (Å²) in [7, 11) is 0. The zero-order valence-electron chi connectivity index (χ0n) is 15.1. The quantitative estimate of drug-likeness (QED) is 0.857. The van der Waals surface area contributed by atoms with Gasteiger partial charge < -0.3 is 10.6 Å². The second-order valence-electron chi connectivity index (χ2n) is 6.54. The summed E-state index contributed by atoms with van der Waals surface area (Å²) in [6.07, 6.45) is 0. The van der Waals surface area contributed by atoms with Gasteiger partial charge in [0.15, 0.2) is 0 Å². The number of halogens is 2. The highest BCUT2D eigenvalue weighted by Crippen LogP contribution is 2.23. The Morgan fingerprint density at radius 3 is 2.81 bits per heavy atom. The van der Waals surface area contributed by atoms with Gasteiger partial charge in [0.2, 0.25) is 5.91 Å². The summed E-state index contributed by atoms with van der Waals surface area (Å²) >= 11 is 0. The van der Waals surface area contributed by atoms with E-state index in [9.17, 15) is 9.18 Å². The van der Waals surface area contributed by atoms with E-state index < -0.39 is 0 Å². The Balaban J connectivity index is 0.00000243. The molecular weight excluding hydrogens is 353 g/mol. The lowest BCUT2D eigenvalue weighted by atomic mass is 10.0. The zero-order valence-corrected chi connectivity index (χ0v) is 15.9.